The van der Waals surface area contributed by atoms with Crippen LogP contribution in [-0.4, -0.2) is 50.2 Å². The molecule has 0 aliphatic carbocycles. The van der Waals surface area contributed by atoms with E-state index in [1.807, 2.05) is 11.8 Å². The molecule has 6 nitrogen and oxygen atoms in total. The second-order valence-corrected chi connectivity index (χ2v) is 6.58. The van der Waals surface area contributed by atoms with Crippen molar-refractivity contribution in [3.8, 4) is 0 Å². The maximum Gasteiger partial charge on any atom is 0.236 e. The Morgan fingerprint density at radius 2 is 2.30 bits per heavy atom. The fourth-order valence-corrected chi connectivity index (χ4v) is 4.17. The predicted molar refractivity (Wildman–Crippen MR) is 76.3 cm³/mol. The van der Waals surface area contributed by atoms with E-state index in [4.69, 9.17) is 4.74 Å². The first-order chi connectivity index (χ1) is 9.72. The summed E-state index contributed by atoms with van der Waals surface area (Å²) < 4.78 is 7.22. The number of aromatic nitrogens is 3. The number of fused-ring (bicyclic) bond motifs is 1. The number of hydrogen-bond donors (Lipinski definition) is 0. The number of thioether (sulfide) groups is 1. The van der Waals surface area contributed by atoms with Gasteiger partial charge in [-0.1, -0.05) is 0 Å². The van der Waals surface area contributed by atoms with Crippen LogP contribution in [-0.2, 0) is 22.7 Å². The zero-order valence-corrected chi connectivity index (χ0v) is 12.7. The van der Waals surface area contributed by atoms with E-state index < -0.39 is 0 Å². The average Bonchev–Trinajstić information content (AvgIpc) is 3.09. The van der Waals surface area contributed by atoms with Crippen molar-refractivity contribution in [3.05, 3.63) is 11.6 Å². The molecule has 2 aliphatic rings. The normalized spacial score (nSPS) is 25.8. The number of amides is 1. The lowest BCUT2D eigenvalue weighted by molar-refractivity contribution is -0.134. The van der Waals surface area contributed by atoms with Gasteiger partial charge in [-0.25, -0.2) is 0 Å². The van der Waals surface area contributed by atoms with Gasteiger partial charge in [0.15, 0.2) is 11.6 Å². The summed E-state index contributed by atoms with van der Waals surface area (Å²) in [5.41, 5.74) is 0. The van der Waals surface area contributed by atoms with E-state index in [0.29, 0.717) is 6.61 Å². The van der Waals surface area contributed by atoms with Crippen LogP contribution in [0.2, 0.25) is 0 Å². The molecule has 110 valence electrons. The van der Waals surface area contributed by atoms with Crippen molar-refractivity contribution < 1.29 is 9.53 Å². The smallest absolute Gasteiger partial charge is 0.236 e. The van der Waals surface area contributed by atoms with Crippen molar-refractivity contribution in [2.45, 2.75) is 44.2 Å². The van der Waals surface area contributed by atoms with E-state index in [1.54, 1.807) is 18.9 Å². The maximum absolute atomic E-state index is 12.6. The van der Waals surface area contributed by atoms with Crippen molar-refractivity contribution >= 4 is 17.7 Å². The van der Waals surface area contributed by atoms with Crippen LogP contribution >= 0.6 is 11.8 Å². The molecule has 0 unspecified atom stereocenters. The van der Waals surface area contributed by atoms with Crippen LogP contribution in [0.25, 0.3) is 0 Å². The lowest BCUT2D eigenvalue weighted by Gasteiger charge is -2.35. The average molecular weight is 296 g/mol. The van der Waals surface area contributed by atoms with Crippen LogP contribution in [0.5, 0.6) is 0 Å². The Kier molecular flexibility index (Phi) is 3.98. The van der Waals surface area contributed by atoms with Crippen LogP contribution < -0.4 is 0 Å². The molecule has 0 saturated carbocycles. The molecule has 2 atom stereocenters. The minimum Gasteiger partial charge on any atom is -0.377 e. The van der Waals surface area contributed by atoms with Crippen molar-refractivity contribution in [2.75, 3.05) is 19.4 Å². The number of hydrogen-bond acceptors (Lipinski definition) is 5. The van der Waals surface area contributed by atoms with Crippen molar-refractivity contribution in [1.82, 2.24) is 19.7 Å². The Labute approximate surface area is 122 Å². The van der Waals surface area contributed by atoms with Gasteiger partial charge >= 0.3 is 0 Å². The van der Waals surface area contributed by atoms with Crippen LogP contribution in [0.1, 0.15) is 37.5 Å². The van der Waals surface area contributed by atoms with Crippen LogP contribution in [0.3, 0.4) is 0 Å². The molecule has 1 aromatic rings. The Hall–Kier alpha value is -1.08. The highest BCUT2D eigenvalue weighted by Crippen LogP contribution is 2.32. The van der Waals surface area contributed by atoms with E-state index in [1.165, 1.54) is 0 Å². The van der Waals surface area contributed by atoms with Gasteiger partial charge in [0.05, 0.1) is 11.3 Å². The number of ether oxygens (including phenoxy) is 1. The Bertz CT molecular complexity index is 499. The van der Waals surface area contributed by atoms with Crippen molar-refractivity contribution in [1.29, 1.82) is 0 Å². The molecule has 1 amide bonds. The van der Waals surface area contributed by atoms with Gasteiger partial charge in [0.2, 0.25) is 5.91 Å². The molecule has 20 heavy (non-hydrogen) atoms. The zero-order valence-electron chi connectivity index (χ0n) is 11.9. The molecule has 2 aliphatic heterocycles. The second kappa shape index (κ2) is 5.73. The molecule has 0 spiro atoms. The Morgan fingerprint density at radius 1 is 1.45 bits per heavy atom. The Morgan fingerprint density at radius 3 is 3.00 bits per heavy atom. The highest BCUT2D eigenvalue weighted by molar-refractivity contribution is 8.00. The molecule has 3 rings (SSSR count). The predicted octanol–water partition coefficient (Wildman–Crippen LogP) is 1.22. The fraction of sp³-hybridized carbons (Fsp3) is 0.769. The molecule has 3 heterocycles. The highest BCUT2D eigenvalue weighted by Gasteiger charge is 2.35. The minimum atomic E-state index is -0.00411. The molecule has 7 heteroatoms. The second-order valence-electron chi connectivity index (χ2n) is 5.27. The lowest BCUT2D eigenvalue weighted by atomic mass is 10.1. The van der Waals surface area contributed by atoms with Gasteiger partial charge in [0.1, 0.15) is 6.61 Å². The largest absolute Gasteiger partial charge is 0.377 e. The summed E-state index contributed by atoms with van der Waals surface area (Å²) in [5.74, 6) is 3.09. The summed E-state index contributed by atoms with van der Waals surface area (Å²) in [6, 6.07) is -0.00411. The van der Waals surface area contributed by atoms with Crippen LogP contribution in [0.15, 0.2) is 0 Å². The quantitative estimate of drug-likeness (QED) is 0.839. The number of carbonyl (C=O) groups is 1. The molecule has 0 radical (unpaired) electrons. The van der Waals surface area contributed by atoms with Crippen LogP contribution in [0, 0.1) is 0 Å². The van der Waals surface area contributed by atoms with E-state index in [0.717, 1.165) is 43.3 Å². The molecule has 0 aromatic carbocycles. The van der Waals surface area contributed by atoms with Gasteiger partial charge in [-0.2, -0.15) is 0 Å². The molecule has 1 saturated heterocycles. The number of rotatable bonds is 3. The molecule has 1 fully saturated rings. The van der Waals surface area contributed by atoms with E-state index in [9.17, 15) is 4.79 Å². The maximum atomic E-state index is 12.6. The third kappa shape index (κ3) is 2.33. The minimum absolute atomic E-state index is 0.00411. The SMILES string of the molecule is COCc1nnc2n1CCN(C(=O)[C@@H]1CCCS1)[C@@H]2C. The third-order valence-electron chi connectivity index (χ3n) is 4.02. The topological polar surface area (TPSA) is 60.3 Å². The molecular formula is C13H20N4O2S. The van der Waals surface area contributed by atoms with E-state index in [2.05, 4.69) is 14.8 Å². The van der Waals surface area contributed by atoms with Gasteiger partial charge < -0.3 is 14.2 Å². The number of methoxy groups -OCH3 is 1. The molecular weight excluding hydrogens is 276 g/mol. The summed E-state index contributed by atoms with van der Waals surface area (Å²) in [7, 11) is 1.65. The first kappa shape index (κ1) is 13.9. The van der Waals surface area contributed by atoms with Gasteiger partial charge in [0.25, 0.3) is 0 Å². The number of carbonyl (C=O) groups excluding carboxylic acids is 1. The highest BCUT2D eigenvalue weighted by atomic mass is 32.2. The van der Waals surface area contributed by atoms with Gasteiger partial charge in [-0.05, 0) is 25.5 Å². The summed E-state index contributed by atoms with van der Waals surface area (Å²) >= 11 is 1.79. The molecule has 0 N–H and O–H groups in total. The first-order valence-corrected chi connectivity index (χ1v) is 8.10. The standard InChI is InChI=1S/C13H20N4O2S/c1-9-12-15-14-11(8-19-2)17(12)6-5-16(9)13(18)10-4-3-7-20-10/h9-10H,3-8H2,1-2H3/t9-,10+/m1/s1. The zero-order chi connectivity index (χ0) is 14.1. The van der Waals surface area contributed by atoms with E-state index >= 15 is 0 Å². The van der Waals surface area contributed by atoms with E-state index in [-0.39, 0.29) is 17.2 Å². The van der Waals surface area contributed by atoms with Crippen LogP contribution in [0.4, 0.5) is 0 Å². The fourth-order valence-electron chi connectivity index (χ4n) is 2.94. The van der Waals surface area contributed by atoms with Gasteiger partial charge in [0, 0.05) is 20.2 Å². The van der Waals surface area contributed by atoms with Crippen molar-refractivity contribution in [3.63, 3.8) is 0 Å². The summed E-state index contributed by atoms with van der Waals surface area (Å²) in [5, 5.41) is 8.57. The molecule has 0 bridgehead atoms. The Balaban J connectivity index is 1.78. The lowest BCUT2D eigenvalue weighted by Crippen LogP contribution is -2.44. The van der Waals surface area contributed by atoms with Gasteiger partial charge in [-0.15, -0.1) is 22.0 Å². The van der Waals surface area contributed by atoms with Crippen molar-refractivity contribution in [2.24, 2.45) is 0 Å². The number of nitrogens with zero attached hydrogens (tertiary/aromatic N) is 4. The first-order valence-electron chi connectivity index (χ1n) is 7.05. The monoisotopic (exact) mass is 296 g/mol. The summed E-state index contributed by atoms with van der Waals surface area (Å²) in [6.45, 7) is 3.99. The van der Waals surface area contributed by atoms with Gasteiger partial charge in [-0.3, -0.25) is 4.79 Å². The summed E-state index contributed by atoms with van der Waals surface area (Å²) in [4.78, 5) is 14.5. The molecule has 1 aromatic heterocycles. The third-order valence-corrected chi connectivity index (χ3v) is 5.39. The summed E-state index contributed by atoms with van der Waals surface area (Å²) in [6.07, 6.45) is 2.16.